The zero-order chi connectivity index (χ0) is 12.4. The van der Waals surface area contributed by atoms with Crippen LogP contribution in [0.15, 0.2) is 24.5 Å². The highest BCUT2D eigenvalue weighted by molar-refractivity contribution is 5.72. The summed E-state index contributed by atoms with van der Waals surface area (Å²) in [6, 6.07) is 7.08. The number of nitrogens with zero attached hydrogens (tertiary/aromatic N) is 2. The van der Waals surface area contributed by atoms with Crippen molar-refractivity contribution >= 4 is 11.0 Å². The van der Waals surface area contributed by atoms with Crippen LogP contribution < -0.4 is 4.57 Å². The average molecular weight is 233 g/mol. The summed E-state index contributed by atoms with van der Waals surface area (Å²) in [6.45, 7) is 8.20. The Balaban J connectivity index is 2.54. The van der Waals surface area contributed by atoms with Gasteiger partial charge in [0.2, 0.25) is 6.33 Å². The number of benzene rings is 1. The quantitative estimate of drug-likeness (QED) is 0.742. The molecule has 3 heteroatoms. The van der Waals surface area contributed by atoms with Crippen molar-refractivity contribution in [3.8, 4) is 0 Å². The third-order valence-corrected chi connectivity index (χ3v) is 3.07. The predicted molar refractivity (Wildman–Crippen MR) is 69.1 cm³/mol. The largest absolute Gasteiger partial charge is 0.381 e. The van der Waals surface area contributed by atoms with Gasteiger partial charge in [-0.05, 0) is 38.5 Å². The Morgan fingerprint density at radius 2 is 2.12 bits per heavy atom. The molecule has 1 aromatic carbocycles. The zero-order valence-corrected chi connectivity index (χ0v) is 11.1. The Labute approximate surface area is 103 Å². The number of ether oxygens (including phenoxy) is 1. The highest BCUT2D eigenvalue weighted by Crippen LogP contribution is 2.17. The third-order valence-electron chi connectivity index (χ3n) is 3.07. The maximum Gasteiger partial charge on any atom is 0.245 e. The molecule has 3 nitrogen and oxygen atoms in total. The van der Waals surface area contributed by atoms with E-state index in [4.69, 9.17) is 4.74 Å². The van der Waals surface area contributed by atoms with Crippen LogP contribution in [0.4, 0.5) is 0 Å². The van der Waals surface area contributed by atoms with Gasteiger partial charge >= 0.3 is 0 Å². The Bertz CT molecular complexity index is 514. The van der Waals surface area contributed by atoms with E-state index in [1.165, 1.54) is 16.6 Å². The maximum absolute atomic E-state index is 5.16. The second kappa shape index (κ2) is 4.88. The molecule has 0 spiro atoms. The van der Waals surface area contributed by atoms with Crippen LogP contribution >= 0.6 is 0 Å². The van der Waals surface area contributed by atoms with Gasteiger partial charge in [-0.3, -0.25) is 0 Å². The van der Waals surface area contributed by atoms with Crippen LogP contribution in [-0.4, -0.2) is 18.3 Å². The third kappa shape index (κ3) is 2.34. The molecule has 0 unspecified atom stereocenters. The van der Waals surface area contributed by atoms with Gasteiger partial charge in [0, 0.05) is 7.11 Å². The topological polar surface area (TPSA) is 18.0 Å². The SMILES string of the molecule is COCC[n+]1cn(C(C)C)c2cc(C)ccc21. The van der Waals surface area contributed by atoms with Gasteiger partial charge in [-0.15, -0.1) is 0 Å². The summed E-state index contributed by atoms with van der Waals surface area (Å²) in [5.74, 6) is 0. The molecular formula is C14H21N2O+. The molecule has 0 aliphatic rings. The summed E-state index contributed by atoms with van der Waals surface area (Å²) >= 11 is 0. The van der Waals surface area contributed by atoms with E-state index in [2.05, 4.69) is 54.4 Å². The van der Waals surface area contributed by atoms with Crippen molar-refractivity contribution in [3.05, 3.63) is 30.1 Å². The molecule has 0 saturated carbocycles. The first-order valence-corrected chi connectivity index (χ1v) is 6.13. The van der Waals surface area contributed by atoms with Crippen molar-refractivity contribution in [2.45, 2.75) is 33.4 Å². The lowest BCUT2D eigenvalue weighted by atomic mass is 10.2. The fraction of sp³-hybridized carbons (Fsp3) is 0.500. The lowest BCUT2D eigenvalue weighted by Crippen LogP contribution is -2.34. The minimum absolute atomic E-state index is 0.475. The molecule has 0 radical (unpaired) electrons. The number of aromatic nitrogens is 2. The standard InChI is InChI=1S/C14H21N2O/c1-11(2)16-10-15(7-8-17-4)13-6-5-12(3)9-14(13)16/h5-6,9-11H,7-8H2,1-4H3/q+1. The fourth-order valence-electron chi connectivity index (χ4n) is 2.14. The van der Waals surface area contributed by atoms with Crippen LogP contribution in [-0.2, 0) is 11.3 Å². The normalized spacial score (nSPS) is 11.6. The van der Waals surface area contributed by atoms with Gasteiger partial charge in [-0.1, -0.05) is 6.07 Å². The monoisotopic (exact) mass is 233 g/mol. The Morgan fingerprint density at radius 3 is 2.76 bits per heavy atom. The first-order chi connectivity index (χ1) is 8.13. The van der Waals surface area contributed by atoms with Gasteiger partial charge in [0.1, 0.15) is 6.54 Å². The van der Waals surface area contributed by atoms with Crippen LogP contribution in [0, 0.1) is 6.92 Å². The molecule has 0 saturated heterocycles. The van der Waals surface area contributed by atoms with Gasteiger partial charge in [0.05, 0.1) is 12.6 Å². The number of fused-ring (bicyclic) bond motifs is 1. The van der Waals surface area contributed by atoms with E-state index in [-0.39, 0.29) is 0 Å². The summed E-state index contributed by atoms with van der Waals surface area (Å²) in [5, 5.41) is 0. The molecule has 2 aromatic rings. The van der Waals surface area contributed by atoms with E-state index in [0.717, 1.165) is 13.2 Å². The molecule has 0 bridgehead atoms. The molecular weight excluding hydrogens is 212 g/mol. The van der Waals surface area contributed by atoms with E-state index in [9.17, 15) is 0 Å². The van der Waals surface area contributed by atoms with E-state index in [1.54, 1.807) is 7.11 Å². The molecule has 0 aliphatic heterocycles. The summed E-state index contributed by atoms with van der Waals surface area (Å²) in [7, 11) is 1.74. The van der Waals surface area contributed by atoms with Crippen molar-refractivity contribution in [2.75, 3.05) is 13.7 Å². The van der Waals surface area contributed by atoms with Crippen molar-refractivity contribution in [3.63, 3.8) is 0 Å². The van der Waals surface area contributed by atoms with Crippen molar-refractivity contribution in [2.24, 2.45) is 0 Å². The number of hydrogen-bond acceptors (Lipinski definition) is 1. The summed E-state index contributed by atoms with van der Waals surface area (Å²) in [6.07, 6.45) is 2.19. The molecule has 92 valence electrons. The molecule has 0 fully saturated rings. The lowest BCUT2D eigenvalue weighted by Gasteiger charge is -2.00. The minimum Gasteiger partial charge on any atom is -0.381 e. The van der Waals surface area contributed by atoms with Crippen molar-refractivity contribution in [1.29, 1.82) is 0 Å². The number of rotatable bonds is 4. The number of aryl methyl sites for hydroxylation is 1. The molecule has 1 aromatic heterocycles. The zero-order valence-electron chi connectivity index (χ0n) is 11.1. The fourth-order valence-corrected chi connectivity index (χ4v) is 2.14. The van der Waals surface area contributed by atoms with Crippen molar-refractivity contribution < 1.29 is 9.30 Å². The highest BCUT2D eigenvalue weighted by atomic mass is 16.5. The van der Waals surface area contributed by atoms with E-state index >= 15 is 0 Å². The summed E-state index contributed by atoms with van der Waals surface area (Å²) < 4.78 is 9.74. The van der Waals surface area contributed by atoms with E-state index in [1.807, 2.05) is 0 Å². The molecule has 0 amide bonds. The minimum atomic E-state index is 0.475. The number of imidazole rings is 1. The molecule has 17 heavy (non-hydrogen) atoms. The Morgan fingerprint density at radius 1 is 1.35 bits per heavy atom. The van der Waals surface area contributed by atoms with E-state index in [0.29, 0.717) is 6.04 Å². The van der Waals surface area contributed by atoms with Crippen LogP contribution in [0.2, 0.25) is 0 Å². The van der Waals surface area contributed by atoms with Crippen LogP contribution in [0.5, 0.6) is 0 Å². The molecule has 0 aliphatic carbocycles. The lowest BCUT2D eigenvalue weighted by molar-refractivity contribution is -0.673. The first-order valence-electron chi connectivity index (χ1n) is 6.13. The molecule has 0 atom stereocenters. The predicted octanol–water partition coefficient (Wildman–Crippen LogP) is 2.46. The summed E-state index contributed by atoms with van der Waals surface area (Å²) in [4.78, 5) is 0. The van der Waals surface area contributed by atoms with Gasteiger partial charge in [0.15, 0.2) is 11.0 Å². The molecule has 2 rings (SSSR count). The van der Waals surface area contributed by atoms with Crippen LogP contribution in [0.25, 0.3) is 11.0 Å². The van der Waals surface area contributed by atoms with Gasteiger partial charge < -0.3 is 4.74 Å². The number of hydrogen-bond donors (Lipinski definition) is 0. The average Bonchev–Trinajstić information content (AvgIpc) is 2.64. The Hall–Kier alpha value is -1.35. The highest BCUT2D eigenvalue weighted by Gasteiger charge is 2.17. The van der Waals surface area contributed by atoms with Crippen molar-refractivity contribution in [1.82, 2.24) is 4.57 Å². The second-order valence-corrected chi connectivity index (χ2v) is 4.79. The van der Waals surface area contributed by atoms with Crippen LogP contribution in [0.3, 0.4) is 0 Å². The van der Waals surface area contributed by atoms with Crippen LogP contribution in [0.1, 0.15) is 25.5 Å². The second-order valence-electron chi connectivity index (χ2n) is 4.79. The molecule has 0 N–H and O–H groups in total. The number of methoxy groups -OCH3 is 1. The molecule has 1 heterocycles. The van der Waals surface area contributed by atoms with Gasteiger partial charge in [-0.25, -0.2) is 9.13 Å². The Kier molecular flexibility index (Phi) is 3.48. The summed E-state index contributed by atoms with van der Waals surface area (Å²) in [5.41, 5.74) is 3.88. The van der Waals surface area contributed by atoms with Gasteiger partial charge in [0.25, 0.3) is 0 Å². The smallest absolute Gasteiger partial charge is 0.245 e. The van der Waals surface area contributed by atoms with E-state index < -0.39 is 0 Å². The van der Waals surface area contributed by atoms with Gasteiger partial charge in [-0.2, -0.15) is 0 Å². The first kappa shape index (κ1) is 12.1. The maximum atomic E-state index is 5.16.